The van der Waals surface area contributed by atoms with Crippen LogP contribution in [-0.4, -0.2) is 23.8 Å². The number of nitrogens with two attached hydrogens (primary N) is 1. The lowest BCUT2D eigenvalue weighted by molar-refractivity contribution is -0.120. The van der Waals surface area contributed by atoms with E-state index in [1.165, 1.54) is 6.92 Å². The first kappa shape index (κ1) is 17.4. The lowest BCUT2D eigenvalue weighted by Crippen LogP contribution is -2.44. The van der Waals surface area contributed by atoms with Crippen LogP contribution in [0.2, 0.25) is 0 Å². The van der Waals surface area contributed by atoms with Gasteiger partial charge in [-0.1, -0.05) is 6.08 Å². The molecule has 0 aliphatic rings. The molecule has 0 unspecified atom stereocenters. The van der Waals surface area contributed by atoms with E-state index in [0.29, 0.717) is 17.7 Å². The Labute approximate surface area is 129 Å². The number of primary amides is 1. The topological polar surface area (TPSA) is 101 Å². The number of rotatable bonds is 8. The quantitative estimate of drug-likeness (QED) is 0.502. The van der Waals surface area contributed by atoms with Crippen molar-refractivity contribution in [3.05, 3.63) is 42.5 Å². The highest BCUT2D eigenvalue weighted by molar-refractivity contribution is 5.98. The van der Waals surface area contributed by atoms with Crippen LogP contribution in [0, 0.1) is 0 Å². The summed E-state index contributed by atoms with van der Waals surface area (Å²) in [5, 5.41) is 5.23. The summed E-state index contributed by atoms with van der Waals surface area (Å²) in [6.45, 7) is 5.01. The zero-order chi connectivity index (χ0) is 16.5. The molecule has 6 heteroatoms. The molecule has 0 aliphatic carbocycles. The van der Waals surface area contributed by atoms with Crippen molar-refractivity contribution in [2.75, 3.05) is 5.32 Å². The fourth-order valence-electron chi connectivity index (χ4n) is 1.90. The third kappa shape index (κ3) is 5.78. The van der Waals surface area contributed by atoms with Crippen molar-refractivity contribution in [2.24, 2.45) is 5.73 Å². The van der Waals surface area contributed by atoms with Gasteiger partial charge in [0.25, 0.3) is 5.91 Å². The number of carbonyl (C=O) groups is 3. The SMILES string of the molecule is C=CCCC[C@@H](NC(=O)c1ccc(NC(C)=O)cc1)C(N)=O. The standard InChI is InChI=1S/C16H21N3O3/c1-3-4-5-6-14(15(17)21)19-16(22)12-7-9-13(10-8-12)18-11(2)20/h3,7-10,14H,1,4-6H2,2H3,(H2,17,21)(H,18,20)(H,19,22)/t14-/m1/s1. The largest absolute Gasteiger partial charge is 0.368 e. The number of allylic oxidation sites excluding steroid dienone is 1. The van der Waals surface area contributed by atoms with Crippen LogP contribution < -0.4 is 16.4 Å². The predicted octanol–water partition coefficient (Wildman–Crippen LogP) is 1.58. The molecule has 118 valence electrons. The first-order chi connectivity index (χ1) is 10.4. The van der Waals surface area contributed by atoms with E-state index in [4.69, 9.17) is 5.73 Å². The van der Waals surface area contributed by atoms with E-state index in [-0.39, 0.29) is 11.8 Å². The van der Waals surface area contributed by atoms with Gasteiger partial charge in [0, 0.05) is 18.2 Å². The van der Waals surface area contributed by atoms with E-state index in [1.54, 1.807) is 30.3 Å². The van der Waals surface area contributed by atoms with Crippen molar-refractivity contribution in [1.29, 1.82) is 0 Å². The number of carbonyl (C=O) groups excluding carboxylic acids is 3. The van der Waals surface area contributed by atoms with Crippen LogP contribution in [0.25, 0.3) is 0 Å². The minimum Gasteiger partial charge on any atom is -0.368 e. The Balaban J connectivity index is 2.66. The number of amides is 3. The maximum absolute atomic E-state index is 12.1. The predicted molar refractivity (Wildman–Crippen MR) is 85.2 cm³/mol. The number of anilines is 1. The number of nitrogens with one attached hydrogen (secondary N) is 2. The minimum atomic E-state index is -0.706. The Morgan fingerprint density at radius 3 is 2.41 bits per heavy atom. The molecule has 0 saturated heterocycles. The van der Waals surface area contributed by atoms with Crippen LogP contribution in [-0.2, 0) is 9.59 Å². The summed E-state index contributed by atoms with van der Waals surface area (Å²) in [4.78, 5) is 34.4. The summed E-state index contributed by atoms with van der Waals surface area (Å²) >= 11 is 0. The summed E-state index contributed by atoms with van der Waals surface area (Å²) in [5.41, 5.74) is 6.29. The summed E-state index contributed by atoms with van der Waals surface area (Å²) in [5.74, 6) is -1.13. The van der Waals surface area contributed by atoms with Crippen LogP contribution in [0.5, 0.6) is 0 Å². The van der Waals surface area contributed by atoms with Crippen molar-refractivity contribution in [3.63, 3.8) is 0 Å². The highest BCUT2D eigenvalue weighted by Gasteiger charge is 2.18. The molecule has 1 atom stereocenters. The zero-order valence-corrected chi connectivity index (χ0v) is 12.6. The van der Waals surface area contributed by atoms with Gasteiger partial charge in [0.1, 0.15) is 6.04 Å². The van der Waals surface area contributed by atoms with Crippen molar-refractivity contribution < 1.29 is 14.4 Å². The van der Waals surface area contributed by atoms with Crippen LogP contribution in [0.4, 0.5) is 5.69 Å². The summed E-state index contributed by atoms with van der Waals surface area (Å²) in [7, 11) is 0. The van der Waals surface area contributed by atoms with Crippen LogP contribution in [0.1, 0.15) is 36.5 Å². The number of unbranched alkanes of at least 4 members (excludes halogenated alkanes) is 1. The van der Waals surface area contributed by atoms with Gasteiger partial charge in [0.2, 0.25) is 11.8 Å². The molecule has 4 N–H and O–H groups in total. The van der Waals surface area contributed by atoms with E-state index in [2.05, 4.69) is 17.2 Å². The van der Waals surface area contributed by atoms with Crippen molar-refractivity contribution >= 4 is 23.4 Å². The van der Waals surface area contributed by atoms with Gasteiger partial charge in [-0.05, 0) is 43.5 Å². The molecule has 0 bridgehead atoms. The third-order valence-electron chi connectivity index (χ3n) is 3.02. The zero-order valence-electron chi connectivity index (χ0n) is 12.6. The van der Waals surface area contributed by atoms with Gasteiger partial charge < -0.3 is 16.4 Å². The van der Waals surface area contributed by atoms with E-state index >= 15 is 0 Å². The Morgan fingerprint density at radius 1 is 1.27 bits per heavy atom. The maximum atomic E-state index is 12.1. The second-order valence-electron chi connectivity index (χ2n) is 4.91. The molecule has 0 radical (unpaired) electrons. The first-order valence-corrected chi connectivity index (χ1v) is 7.02. The average molecular weight is 303 g/mol. The normalized spacial score (nSPS) is 11.3. The van der Waals surface area contributed by atoms with Crippen LogP contribution >= 0.6 is 0 Å². The monoisotopic (exact) mass is 303 g/mol. The molecule has 1 aromatic carbocycles. The van der Waals surface area contributed by atoms with Gasteiger partial charge in [-0.25, -0.2) is 0 Å². The molecular formula is C16H21N3O3. The highest BCUT2D eigenvalue weighted by Crippen LogP contribution is 2.10. The number of hydrogen-bond acceptors (Lipinski definition) is 3. The Bertz CT molecular complexity index is 552. The molecule has 6 nitrogen and oxygen atoms in total. The Morgan fingerprint density at radius 2 is 1.91 bits per heavy atom. The van der Waals surface area contributed by atoms with Crippen molar-refractivity contribution in [1.82, 2.24) is 5.32 Å². The number of benzene rings is 1. The minimum absolute atomic E-state index is 0.187. The van der Waals surface area contributed by atoms with Gasteiger partial charge in [-0.3, -0.25) is 14.4 Å². The maximum Gasteiger partial charge on any atom is 0.251 e. The number of hydrogen-bond donors (Lipinski definition) is 3. The molecule has 1 rings (SSSR count). The highest BCUT2D eigenvalue weighted by atomic mass is 16.2. The first-order valence-electron chi connectivity index (χ1n) is 7.02. The van der Waals surface area contributed by atoms with Gasteiger partial charge >= 0.3 is 0 Å². The fourth-order valence-corrected chi connectivity index (χ4v) is 1.90. The van der Waals surface area contributed by atoms with Crippen LogP contribution in [0.15, 0.2) is 36.9 Å². The molecule has 0 spiro atoms. The average Bonchev–Trinajstić information content (AvgIpc) is 2.46. The van der Waals surface area contributed by atoms with E-state index in [1.807, 2.05) is 0 Å². The molecule has 3 amide bonds. The lowest BCUT2D eigenvalue weighted by Gasteiger charge is -2.15. The molecule has 0 heterocycles. The van der Waals surface area contributed by atoms with Gasteiger partial charge in [0.15, 0.2) is 0 Å². The lowest BCUT2D eigenvalue weighted by atomic mass is 10.1. The molecule has 0 aliphatic heterocycles. The third-order valence-corrected chi connectivity index (χ3v) is 3.02. The molecule has 22 heavy (non-hydrogen) atoms. The molecule has 0 saturated carbocycles. The molecule has 0 aromatic heterocycles. The summed E-state index contributed by atoms with van der Waals surface area (Å²) in [6.07, 6.45) is 3.70. The second-order valence-corrected chi connectivity index (χ2v) is 4.91. The molecule has 0 fully saturated rings. The van der Waals surface area contributed by atoms with Crippen molar-refractivity contribution in [2.45, 2.75) is 32.2 Å². The van der Waals surface area contributed by atoms with Gasteiger partial charge in [0.05, 0.1) is 0 Å². The summed E-state index contributed by atoms with van der Waals surface area (Å²) < 4.78 is 0. The van der Waals surface area contributed by atoms with E-state index < -0.39 is 11.9 Å². The molecular weight excluding hydrogens is 282 g/mol. The van der Waals surface area contributed by atoms with Crippen molar-refractivity contribution in [3.8, 4) is 0 Å². The fraction of sp³-hybridized carbons (Fsp3) is 0.312. The molecule has 1 aromatic rings. The second kappa shape index (κ2) is 8.61. The van der Waals surface area contributed by atoms with Crippen LogP contribution in [0.3, 0.4) is 0 Å². The van der Waals surface area contributed by atoms with Gasteiger partial charge in [-0.15, -0.1) is 6.58 Å². The Hall–Kier alpha value is -2.63. The van der Waals surface area contributed by atoms with E-state index in [9.17, 15) is 14.4 Å². The van der Waals surface area contributed by atoms with Gasteiger partial charge in [-0.2, -0.15) is 0 Å². The summed E-state index contributed by atoms with van der Waals surface area (Å²) in [6, 6.07) is 5.67. The Kier molecular flexibility index (Phi) is 6.82. The smallest absolute Gasteiger partial charge is 0.251 e. The van der Waals surface area contributed by atoms with E-state index in [0.717, 1.165) is 12.8 Å².